The topological polar surface area (TPSA) is 37.4 Å². The summed E-state index contributed by atoms with van der Waals surface area (Å²) < 4.78 is 5.48. The third-order valence-electron chi connectivity index (χ3n) is 4.21. The van der Waals surface area contributed by atoms with E-state index in [-0.39, 0.29) is 0 Å². The summed E-state index contributed by atoms with van der Waals surface area (Å²) in [5, 5.41) is 3.72. The molecule has 1 N–H and O–H groups in total. The monoisotopic (exact) mass is 275 g/mol. The molecule has 1 aliphatic heterocycles. The molecule has 0 unspecified atom stereocenters. The van der Waals surface area contributed by atoms with E-state index in [9.17, 15) is 0 Å². The van der Waals surface area contributed by atoms with E-state index in [0.717, 1.165) is 30.7 Å². The van der Waals surface area contributed by atoms with Gasteiger partial charge >= 0.3 is 0 Å². The Balaban J connectivity index is 1.50. The van der Waals surface area contributed by atoms with Crippen LogP contribution in [0.1, 0.15) is 32.6 Å². The number of nitrogens with one attached hydrogen (secondary N) is 1. The van der Waals surface area contributed by atoms with Gasteiger partial charge in [-0.2, -0.15) is 4.98 Å². The Morgan fingerprint density at radius 2 is 2.05 bits per heavy atom. The molecule has 4 nitrogen and oxygen atoms in total. The highest BCUT2D eigenvalue weighted by Gasteiger charge is 2.24. The van der Waals surface area contributed by atoms with Gasteiger partial charge in [0.25, 0.3) is 0 Å². The van der Waals surface area contributed by atoms with Gasteiger partial charge in [-0.1, -0.05) is 6.07 Å². The van der Waals surface area contributed by atoms with Crippen molar-refractivity contribution >= 4 is 5.82 Å². The van der Waals surface area contributed by atoms with E-state index in [1.165, 1.54) is 32.2 Å². The molecule has 0 amide bonds. The van der Waals surface area contributed by atoms with Crippen molar-refractivity contribution in [2.45, 2.75) is 38.6 Å². The lowest BCUT2D eigenvalue weighted by molar-refractivity contribution is 0.326. The Kier molecular flexibility index (Phi) is 4.41. The van der Waals surface area contributed by atoms with Crippen LogP contribution in [0, 0.1) is 5.92 Å². The second-order valence-electron chi connectivity index (χ2n) is 5.88. The zero-order chi connectivity index (χ0) is 13.8. The van der Waals surface area contributed by atoms with Crippen LogP contribution in [0.2, 0.25) is 0 Å². The van der Waals surface area contributed by atoms with Gasteiger partial charge in [0.1, 0.15) is 5.82 Å². The summed E-state index contributed by atoms with van der Waals surface area (Å²) in [6, 6.07) is 6.74. The fraction of sp³-hybridized carbons (Fsp3) is 0.688. The quantitative estimate of drug-likeness (QED) is 0.865. The SMILES string of the molecule is CCOc1cccc(N2CCC(NCC3CC3)CC2)n1. The predicted molar refractivity (Wildman–Crippen MR) is 81.4 cm³/mol. The van der Waals surface area contributed by atoms with Gasteiger partial charge in [0.15, 0.2) is 0 Å². The molecule has 20 heavy (non-hydrogen) atoms. The van der Waals surface area contributed by atoms with E-state index in [0.29, 0.717) is 12.6 Å². The molecule has 0 aromatic carbocycles. The van der Waals surface area contributed by atoms with Crippen LogP contribution in [0.25, 0.3) is 0 Å². The van der Waals surface area contributed by atoms with E-state index in [1.54, 1.807) is 0 Å². The fourth-order valence-corrected chi connectivity index (χ4v) is 2.78. The molecular weight excluding hydrogens is 250 g/mol. The molecule has 0 radical (unpaired) electrons. The average Bonchev–Trinajstić information content (AvgIpc) is 3.31. The van der Waals surface area contributed by atoms with E-state index in [4.69, 9.17) is 4.74 Å². The minimum Gasteiger partial charge on any atom is -0.478 e. The van der Waals surface area contributed by atoms with Gasteiger partial charge in [0.05, 0.1) is 6.61 Å². The van der Waals surface area contributed by atoms with E-state index >= 15 is 0 Å². The van der Waals surface area contributed by atoms with Gasteiger partial charge in [-0.05, 0) is 51.1 Å². The molecular formula is C16H25N3O. The minimum absolute atomic E-state index is 0.670. The largest absolute Gasteiger partial charge is 0.478 e. The summed E-state index contributed by atoms with van der Waals surface area (Å²) in [5.41, 5.74) is 0. The third-order valence-corrected chi connectivity index (χ3v) is 4.21. The van der Waals surface area contributed by atoms with Crippen molar-refractivity contribution in [1.29, 1.82) is 0 Å². The first-order chi connectivity index (χ1) is 9.85. The highest BCUT2D eigenvalue weighted by Crippen LogP contribution is 2.28. The summed E-state index contributed by atoms with van der Waals surface area (Å²) in [6.07, 6.45) is 5.29. The van der Waals surface area contributed by atoms with Crippen molar-refractivity contribution in [2.75, 3.05) is 31.1 Å². The number of anilines is 1. The lowest BCUT2D eigenvalue weighted by atomic mass is 10.0. The Labute approximate surface area is 121 Å². The molecule has 1 aromatic rings. The number of pyridine rings is 1. The second kappa shape index (κ2) is 6.44. The predicted octanol–water partition coefficient (Wildman–Crippen LogP) is 2.45. The Bertz CT molecular complexity index is 425. The lowest BCUT2D eigenvalue weighted by Gasteiger charge is -2.33. The number of nitrogens with zero attached hydrogens (tertiary/aromatic N) is 2. The molecule has 1 aliphatic carbocycles. The average molecular weight is 275 g/mol. The van der Waals surface area contributed by atoms with Crippen LogP contribution >= 0.6 is 0 Å². The molecule has 3 rings (SSSR count). The minimum atomic E-state index is 0.670. The zero-order valence-electron chi connectivity index (χ0n) is 12.3. The van der Waals surface area contributed by atoms with Gasteiger partial charge in [0.2, 0.25) is 5.88 Å². The molecule has 2 aliphatic rings. The van der Waals surface area contributed by atoms with E-state index in [1.807, 2.05) is 19.1 Å². The molecule has 0 atom stereocenters. The van der Waals surface area contributed by atoms with Crippen LogP contribution in [-0.2, 0) is 0 Å². The summed E-state index contributed by atoms with van der Waals surface area (Å²) in [4.78, 5) is 6.95. The molecule has 2 fully saturated rings. The van der Waals surface area contributed by atoms with Gasteiger partial charge in [-0.3, -0.25) is 0 Å². The summed E-state index contributed by atoms with van der Waals surface area (Å²) in [7, 11) is 0. The van der Waals surface area contributed by atoms with Gasteiger partial charge in [0, 0.05) is 25.2 Å². The Morgan fingerprint density at radius 3 is 2.75 bits per heavy atom. The van der Waals surface area contributed by atoms with Crippen molar-refractivity contribution in [3.63, 3.8) is 0 Å². The van der Waals surface area contributed by atoms with Crippen molar-refractivity contribution in [3.05, 3.63) is 18.2 Å². The van der Waals surface area contributed by atoms with Crippen LogP contribution in [-0.4, -0.2) is 37.3 Å². The Hall–Kier alpha value is -1.29. The third kappa shape index (κ3) is 3.63. The number of piperidine rings is 1. The standard InChI is InChI=1S/C16H25N3O/c1-2-20-16-5-3-4-15(18-16)19-10-8-14(9-11-19)17-12-13-6-7-13/h3-5,13-14,17H,2,6-12H2,1H3. The maximum absolute atomic E-state index is 5.48. The summed E-state index contributed by atoms with van der Waals surface area (Å²) in [5.74, 6) is 2.76. The van der Waals surface area contributed by atoms with Crippen LogP contribution in [0.5, 0.6) is 5.88 Å². The van der Waals surface area contributed by atoms with Crippen LogP contribution < -0.4 is 15.0 Å². The molecule has 1 aromatic heterocycles. The first-order valence-electron chi connectivity index (χ1n) is 7.93. The highest BCUT2D eigenvalue weighted by molar-refractivity contribution is 5.41. The lowest BCUT2D eigenvalue weighted by Crippen LogP contribution is -2.43. The first kappa shape index (κ1) is 13.7. The number of hydrogen-bond donors (Lipinski definition) is 1. The molecule has 4 heteroatoms. The molecule has 0 bridgehead atoms. The molecule has 1 saturated carbocycles. The molecule has 2 heterocycles. The van der Waals surface area contributed by atoms with Gasteiger partial charge in [-0.15, -0.1) is 0 Å². The Morgan fingerprint density at radius 1 is 1.25 bits per heavy atom. The molecule has 1 saturated heterocycles. The second-order valence-corrected chi connectivity index (χ2v) is 5.88. The van der Waals surface area contributed by atoms with Gasteiger partial charge in [-0.25, -0.2) is 0 Å². The van der Waals surface area contributed by atoms with Crippen molar-refractivity contribution in [1.82, 2.24) is 10.3 Å². The number of rotatable bonds is 6. The van der Waals surface area contributed by atoms with E-state index in [2.05, 4.69) is 21.3 Å². The normalized spacial score (nSPS) is 20.1. The maximum atomic E-state index is 5.48. The van der Waals surface area contributed by atoms with Gasteiger partial charge < -0.3 is 15.0 Å². The zero-order valence-corrected chi connectivity index (χ0v) is 12.3. The van der Waals surface area contributed by atoms with Crippen molar-refractivity contribution < 1.29 is 4.74 Å². The van der Waals surface area contributed by atoms with Crippen LogP contribution in [0.15, 0.2) is 18.2 Å². The van der Waals surface area contributed by atoms with Crippen molar-refractivity contribution in [2.24, 2.45) is 5.92 Å². The maximum Gasteiger partial charge on any atom is 0.215 e. The number of hydrogen-bond acceptors (Lipinski definition) is 4. The molecule has 0 spiro atoms. The van der Waals surface area contributed by atoms with Crippen molar-refractivity contribution in [3.8, 4) is 5.88 Å². The highest BCUT2D eigenvalue weighted by atomic mass is 16.5. The number of aromatic nitrogens is 1. The summed E-state index contributed by atoms with van der Waals surface area (Å²) >= 11 is 0. The smallest absolute Gasteiger partial charge is 0.215 e. The van der Waals surface area contributed by atoms with E-state index < -0.39 is 0 Å². The first-order valence-corrected chi connectivity index (χ1v) is 7.93. The fourth-order valence-electron chi connectivity index (χ4n) is 2.78. The number of ether oxygens (including phenoxy) is 1. The summed E-state index contributed by atoms with van der Waals surface area (Å²) in [6.45, 7) is 6.06. The molecule has 110 valence electrons. The van der Waals surface area contributed by atoms with Crippen LogP contribution in [0.4, 0.5) is 5.82 Å². The van der Waals surface area contributed by atoms with Crippen LogP contribution in [0.3, 0.4) is 0 Å².